The first-order valence-corrected chi connectivity index (χ1v) is 12.1. The highest BCUT2D eigenvalue weighted by Gasteiger charge is 2.26. The third kappa shape index (κ3) is 6.29. The highest BCUT2D eigenvalue weighted by atomic mass is 32.1. The van der Waals surface area contributed by atoms with Crippen molar-refractivity contribution in [3.8, 4) is 0 Å². The number of non-ortho nitro benzene ring substituents is 1. The van der Waals surface area contributed by atoms with Crippen LogP contribution in [0.2, 0.25) is 0 Å². The Morgan fingerprint density at radius 2 is 1.71 bits per heavy atom. The number of carbonyl (C=O) groups is 2. The van der Waals surface area contributed by atoms with Crippen molar-refractivity contribution in [1.29, 1.82) is 0 Å². The normalized spacial score (nSPS) is 11.6. The Bertz CT molecular complexity index is 1130. The Labute approximate surface area is 203 Å². The summed E-state index contributed by atoms with van der Waals surface area (Å²) in [6.07, 6.45) is 0.675. The first-order chi connectivity index (χ1) is 16.3. The van der Waals surface area contributed by atoms with Gasteiger partial charge in [0.25, 0.3) is 11.6 Å². The standard InChI is InChI=1S/C26H29N3O4S/c1-4-20(3)28(26(31)22-10-12-23(13-11-22)29(32)33)18-25(30)27(16-21-8-6-5-7-9-21)17-24-19(2)14-15-34-24/h5-15,20H,4,16-18H2,1-3H3. The lowest BCUT2D eigenvalue weighted by Crippen LogP contribution is -2.46. The molecule has 178 valence electrons. The van der Waals surface area contributed by atoms with Crippen LogP contribution < -0.4 is 0 Å². The lowest BCUT2D eigenvalue weighted by Gasteiger charge is -2.31. The van der Waals surface area contributed by atoms with Crippen LogP contribution in [-0.2, 0) is 17.9 Å². The SMILES string of the molecule is CCC(C)N(CC(=O)N(Cc1ccccc1)Cc1sccc1C)C(=O)c1ccc([N+](=O)[O-])cc1. The van der Waals surface area contributed by atoms with Crippen LogP contribution in [0.1, 0.15) is 46.6 Å². The second-order valence-corrected chi connectivity index (χ2v) is 9.26. The quantitative estimate of drug-likeness (QED) is 0.287. The van der Waals surface area contributed by atoms with Crippen molar-refractivity contribution in [1.82, 2.24) is 9.80 Å². The van der Waals surface area contributed by atoms with Gasteiger partial charge in [-0.2, -0.15) is 0 Å². The molecule has 0 radical (unpaired) electrons. The summed E-state index contributed by atoms with van der Waals surface area (Å²) >= 11 is 1.61. The second kappa shape index (κ2) is 11.6. The van der Waals surface area contributed by atoms with Gasteiger partial charge in [-0.3, -0.25) is 19.7 Å². The largest absolute Gasteiger partial charge is 0.332 e. The molecule has 7 nitrogen and oxygen atoms in total. The van der Waals surface area contributed by atoms with E-state index in [9.17, 15) is 19.7 Å². The fourth-order valence-electron chi connectivity index (χ4n) is 3.56. The summed E-state index contributed by atoms with van der Waals surface area (Å²) < 4.78 is 0. The zero-order valence-corrected chi connectivity index (χ0v) is 20.5. The molecule has 3 rings (SSSR count). The predicted octanol–water partition coefficient (Wildman–Crippen LogP) is 5.43. The van der Waals surface area contributed by atoms with Gasteiger partial charge in [0.05, 0.1) is 11.5 Å². The van der Waals surface area contributed by atoms with E-state index in [0.717, 1.165) is 16.0 Å². The number of rotatable bonds is 10. The van der Waals surface area contributed by atoms with Gasteiger partial charge in [-0.25, -0.2) is 0 Å². The molecule has 0 spiro atoms. The van der Waals surface area contributed by atoms with Gasteiger partial charge in [-0.1, -0.05) is 37.3 Å². The van der Waals surface area contributed by atoms with Crippen LogP contribution in [0.15, 0.2) is 66.0 Å². The molecule has 0 aliphatic rings. The molecule has 2 aromatic carbocycles. The smallest absolute Gasteiger partial charge is 0.269 e. The number of hydrogen-bond acceptors (Lipinski definition) is 5. The Morgan fingerprint density at radius 3 is 2.26 bits per heavy atom. The lowest BCUT2D eigenvalue weighted by molar-refractivity contribution is -0.384. The molecule has 0 saturated heterocycles. The van der Waals surface area contributed by atoms with Crippen molar-refractivity contribution in [2.24, 2.45) is 0 Å². The van der Waals surface area contributed by atoms with Crippen molar-refractivity contribution in [3.05, 3.63) is 97.7 Å². The van der Waals surface area contributed by atoms with Crippen LogP contribution in [0, 0.1) is 17.0 Å². The summed E-state index contributed by atoms with van der Waals surface area (Å²) in [6.45, 7) is 6.74. The molecule has 34 heavy (non-hydrogen) atoms. The maximum Gasteiger partial charge on any atom is 0.269 e. The van der Waals surface area contributed by atoms with Crippen LogP contribution in [0.25, 0.3) is 0 Å². The predicted molar refractivity (Wildman–Crippen MR) is 134 cm³/mol. The van der Waals surface area contributed by atoms with E-state index in [4.69, 9.17) is 0 Å². The Hall–Kier alpha value is -3.52. The molecule has 1 aromatic heterocycles. The summed E-state index contributed by atoms with van der Waals surface area (Å²) in [4.78, 5) is 41.8. The maximum absolute atomic E-state index is 13.5. The molecule has 1 heterocycles. The molecule has 2 amide bonds. The van der Waals surface area contributed by atoms with Crippen LogP contribution in [0.4, 0.5) is 5.69 Å². The molecule has 0 bridgehead atoms. The number of aryl methyl sites for hydroxylation is 1. The van der Waals surface area contributed by atoms with Gasteiger partial charge in [0.1, 0.15) is 6.54 Å². The van der Waals surface area contributed by atoms with Crippen molar-refractivity contribution >= 4 is 28.8 Å². The molecule has 8 heteroatoms. The van der Waals surface area contributed by atoms with Gasteiger partial charge in [0, 0.05) is 35.2 Å². The number of thiophene rings is 1. The van der Waals surface area contributed by atoms with E-state index < -0.39 is 4.92 Å². The van der Waals surface area contributed by atoms with Gasteiger partial charge in [-0.05, 0) is 55.0 Å². The molecule has 0 aliphatic carbocycles. The molecular weight excluding hydrogens is 450 g/mol. The van der Waals surface area contributed by atoms with Crippen LogP contribution in [0.5, 0.6) is 0 Å². The zero-order valence-electron chi connectivity index (χ0n) is 19.6. The van der Waals surface area contributed by atoms with Crippen LogP contribution in [0.3, 0.4) is 0 Å². The second-order valence-electron chi connectivity index (χ2n) is 8.26. The number of hydrogen-bond donors (Lipinski definition) is 0. The summed E-state index contributed by atoms with van der Waals surface area (Å²) in [5, 5.41) is 13.0. The number of amides is 2. The van der Waals surface area contributed by atoms with Crippen LogP contribution in [-0.4, -0.2) is 39.1 Å². The van der Waals surface area contributed by atoms with Gasteiger partial charge >= 0.3 is 0 Å². The summed E-state index contributed by atoms with van der Waals surface area (Å²) in [5.41, 5.74) is 2.39. The average molecular weight is 480 g/mol. The minimum absolute atomic E-state index is 0.0674. The Balaban J connectivity index is 1.84. The minimum atomic E-state index is -0.502. The third-order valence-electron chi connectivity index (χ3n) is 5.89. The molecule has 0 saturated carbocycles. The van der Waals surface area contributed by atoms with Crippen molar-refractivity contribution < 1.29 is 14.5 Å². The molecule has 0 aliphatic heterocycles. The number of benzene rings is 2. The number of nitro groups is 1. The highest BCUT2D eigenvalue weighted by molar-refractivity contribution is 7.10. The Kier molecular flexibility index (Phi) is 8.54. The zero-order chi connectivity index (χ0) is 24.7. The first-order valence-electron chi connectivity index (χ1n) is 11.2. The monoisotopic (exact) mass is 479 g/mol. The number of carbonyl (C=O) groups excluding carboxylic acids is 2. The molecule has 1 atom stereocenters. The third-order valence-corrected chi connectivity index (χ3v) is 6.89. The average Bonchev–Trinajstić information content (AvgIpc) is 3.25. The molecule has 1 unspecified atom stereocenters. The maximum atomic E-state index is 13.5. The summed E-state index contributed by atoms with van der Waals surface area (Å²) in [5.74, 6) is -0.461. The highest BCUT2D eigenvalue weighted by Crippen LogP contribution is 2.21. The lowest BCUT2D eigenvalue weighted by atomic mass is 10.1. The fourth-order valence-corrected chi connectivity index (χ4v) is 4.48. The van der Waals surface area contributed by atoms with E-state index in [1.807, 2.05) is 62.5 Å². The van der Waals surface area contributed by atoms with Gasteiger partial charge in [-0.15, -0.1) is 11.3 Å². The van der Waals surface area contributed by atoms with E-state index in [1.165, 1.54) is 24.3 Å². The van der Waals surface area contributed by atoms with Gasteiger partial charge in [0.15, 0.2) is 0 Å². The van der Waals surface area contributed by atoms with E-state index in [0.29, 0.717) is 25.1 Å². The van der Waals surface area contributed by atoms with E-state index >= 15 is 0 Å². The van der Waals surface area contributed by atoms with Crippen molar-refractivity contribution in [2.75, 3.05) is 6.54 Å². The molecule has 0 fully saturated rings. The van der Waals surface area contributed by atoms with Crippen molar-refractivity contribution in [3.63, 3.8) is 0 Å². The summed E-state index contributed by atoms with van der Waals surface area (Å²) in [6, 6.07) is 17.2. The van der Waals surface area contributed by atoms with Crippen molar-refractivity contribution in [2.45, 2.75) is 46.3 Å². The summed E-state index contributed by atoms with van der Waals surface area (Å²) in [7, 11) is 0. The van der Waals surface area contributed by atoms with E-state index in [-0.39, 0.29) is 30.1 Å². The Morgan fingerprint density at radius 1 is 1.03 bits per heavy atom. The molecular formula is C26H29N3O4S. The number of nitro benzene ring substituents is 1. The number of nitrogens with zero attached hydrogens (tertiary/aromatic N) is 3. The molecule has 0 N–H and O–H groups in total. The van der Waals surface area contributed by atoms with Crippen LogP contribution >= 0.6 is 11.3 Å². The van der Waals surface area contributed by atoms with E-state index in [1.54, 1.807) is 21.1 Å². The topological polar surface area (TPSA) is 83.8 Å². The fraction of sp³-hybridized carbons (Fsp3) is 0.308. The first kappa shape index (κ1) is 25.1. The van der Waals surface area contributed by atoms with Gasteiger partial charge in [0.2, 0.25) is 5.91 Å². The van der Waals surface area contributed by atoms with Gasteiger partial charge < -0.3 is 9.80 Å². The van der Waals surface area contributed by atoms with E-state index in [2.05, 4.69) is 0 Å². The minimum Gasteiger partial charge on any atom is -0.332 e. The molecule has 3 aromatic rings.